The highest BCUT2D eigenvalue weighted by molar-refractivity contribution is 7.17. The summed E-state index contributed by atoms with van der Waals surface area (Å²) < 4.78 is 1.33. The van der Waals surface area contributed by atoms with Gasteiger partial charge >= 0.3 is 0 Å². The zero-order valence-corrected chi connectivity index (χ0v) is 9.54. The van der Waals surface area contributed by atoms with Gasteiger partial charge in [0.2, 0.25) is 0 Å². The summed E-state index contributed by atoms with van der Waals surface area (Å²) in [6.07, 6.45) is 1.08. The van der Waals surface area contributed by atoms with Gasteiger partial charge in [0.15, 0.2) is 0 Å². The van der Waals surface area contributed by atoms with Crippen LogP contribution in [0.2, 0.25) is 0 Å². The van der Waals surface area contributed by atoms with Crippen LogP contribution in [0.5, 0.6) is 0 Å². The van der Waals surface area contributed by atoms with Gasteiger partial charge in [-0.1, -0.05) is 6.92 Å². The molecule has 0 atom stereocenters. The monoisotopic (exact) mass is 228 g/mol. The minimum atomic E-state index is 0. The number of fused-ring (bicyclic) bond motifs is 1. The van der Waals surface area contributed by atoms with Crippen molar-refractivity contribution in [3.05, 3.63) is 29.1 Å². The summed E-state index contributed by atoms with van der Waals surface area (Å²) in [5.41, 5.74) is 5.04. The van der Waals surface area contributed by atoms with Gasteiger partial charge in [-0.05, 0) is 40.9 Å². The third-order valence-electron chi connectivity index (χ3n) is 2.20. The number of nitrogens with two attached hydrogens (primary N) is 1. The van der Waals surface area contributed by atoms with Crippen molar-refractivity contribution in [2.45, 2.75) is 13.3 Å². The van der Waals surface area contributed by atoms with Crippen LogP contribution in [0.3, 0.4) is 0 Å². The molecule has 1 aromatic carbocycles. The summed E-state index contributed by atoms with van der Waals surface area (Å²) in [7, 11) is 0. The van der Waals surface area contributed by atoms with Crippen molar-refractivity contribution in [2.24, 2.45) is 5.84 Å². The van der Waals surface area contributed by atoms with Crippen molar-refractivity contribution in [1.29, 1.82) is 0 Å². The average molecular weight is 229 g/mol. The van der Waals surface area contributed by atoms with Crippen molar-refractivity contribution in [3.63, 3.8) is 0 Å². The van der Waals surface area contributed by atoms with Crippen molar-refractivity contribution in [2.75, 3.05) is 5.43 Å². The average Bonchev–Trinajstić information content (AvgIpc) is 2.59. The fourth-order valence-electron chi connectivity index (χ4n) is 1.45. The van der Waals surface area contributed by atoms with Crippen LogP contribution >= 0.6 is 23.7 Å². The SMILES string of the molecule is CCc1csc2ccc(NN)cc12.Cl. The Labute approximate surface area is 93.5 Å². The van der Waals surface area contributed by atoms with Gasteiger partial charge in [-0.15, -0.1) is 23.7 Å². The molecule has 1 heterocycles. The molecule has 2 nitrogen and oxygen atoms in total. The van der Waals surface area contributed by atoms with Crippen LogP contribution in [0, 0.1) is 0 Å². The predicted molar refractivity (Wildman–Crippen MR) is 66.3 cm³/mol. The number of hydrazine groups is 1. The molecule has 14 heavy (non-hydrogen) atoms. The first-order valence-electron chi connectivity index (χ1n) is 4.32. The first kappa shape index (κ1) is 11.3. The van der Waals surface area contributed by atoms with Crippen LogP contribution in [-0.2, 0) is 6.42 Å². The Morgan fingerprint density at radius 1 is 1.43 bits per heavy atom. The molecule has 3 N–H and O–H groups in total. The van der Waals surface area contributed by atoms with Gasteiger partial charge in [-0.3, -0.25) is 5.84 Å². The van der Waals surface area contributed by atoms with Gasteiger partial charge in [-0.25, -0.2) is 0 Å². The molecule has 2 aromatic rings. The molecule has 0 aliphatic rings. The number of anilines is 1. The van der Waals surface area contributed by atoms with E-state index in [-0.39, 0.29) is 12.4 Å². The standard InChI is InChI=1S/C10H12N2S.ClH/c1-2-7-6-13-10-4-3-8(12-11)5-9(7)10;/h3-6,12H,2,11H2,1H3;1H. The van der Waals surface area contributed by atoms with Gasteiger partial charge in [0.05, 0.1) is 0 Å². The minimum Gasteiger partial charge on any atom is -0.324 e. The van der Waals surface area contributed by atoms with E-state index in [1.165, 1.54) is 15.6 Å². The number of hydrogen-bond donors (Lipinski definition) is 2. The van der Waals surface area contributed by atoms with Gasteiger partial charge in [-0.2, -0.15) is 0 Å². The lowest BCUT2D eigenvalue weighted by Crippen LogP contribution is -2.05. The Morgan fingerprint density at radius 2 is 2.21 bits per heavy atom. The number of benzene rings is 1. The largest absolute Gasteiger partial charge is 0.324 e. The fourth-order valence-corrected chi connectivity index (χ4v) is 2.47. The molecule has 4 heteroatoms. The van der Waals surface area contributed by atoms with Crippen LogP contribution < -0.4 is 11.3 Å². The van der Waals surface area contributed by atoms with E-state index in [1.54, 1.807) is 11.3 Å². The quantitative estimate of drug-likeness (QED) is 0.612. The first-order valence-corrected chi connectivity index (χ1v) is 5.20. The second-order valence-corrected chi connectivity index (χ2v) is 3.88. The Balaban J connectivity index is 0.000000980. The summed E-state index contributed by atoms with van der Waals surface area (Å²) in [5, 5.41) is 3.54. The minimum absolute atomic E-state index is 0. The number of aryl methyl sites for hydroxylation is 1. The summed E-state index contributed by atoms with van der Waals surface area (Å²) >= 11 is 1.79. The third kappa shape index (κ3) is 1.85. The van der Waals surface area contributed by atoms with E-state index in [0.29, 0.717) is 0 Å². The Kier molecular flexibility index (Phi) is 3.75. The molecule has 0 saturated carbocycles. The van der Waals surface area contributed by atoms with Gasteiger partial charge in [0.1, 0.15) is 0 Å². The highest BCUT2D eigenvalue weighted by Gasteiger charge is 2.02. The summed E-state index contributed by atoms with van der Waals surface area (Å²) in [4.78, 5) is 0. The molecule has 0 fully saturated rings. The lowest BCUT2D eigenvalue weighted by Gasteiger charge is -2.00. The van der Waals surface area contributed by atoms with E-state index in [2.05, 4.69) is 29.9 Å². The number of thiophene rings is 1. The maximum absolute atomic E-state index is 5.35. The second-order valence-electron chi connectivity index (χ2n) is 2.97. The zero-order chi connectivity index (χ0) is 9.26. The normalized spacial score (nSPS) is 9.86. The molecule has 0 amide bonds. The van der Waals surface area contributed by atoms with Gasteiger partial charge in [0.25, 0.3) is 0 Å². The summed E-state index contributed by atoms with van der Waals surface area (Å²) in [5.74, 6) is 5.35. The maximum Gasteiger partial charge on any atom is 0.0492 e. The number of nitrogens with one attached hydrogen (secondary N) is 1. The molecule has 0 aliphatic heterocycles. The van der Waals surface area contributed by atoms with Gasteiger partial charge < -0.3 is 5.43 Å². The molecule has 2 rings (SSSR count). The second kappa shape index (κ2) is 4.64. The Bertz CT molecular complexity index is 425. The molecule has 0 bridgehead atoms. The molecule has 0 aliphatic carbocycles. The Morgan fingerprint density at radius 3 is 2.86 bits per heavy atom. The first-order chi connectivity index (χ1) is 6.35. The highest BCUT2D eigenvalue weighted by Crippen LogP contribution is 2.28. The Hall–Kier alpha value is -0.770. The lowest BCUT2D eigenvalue weighted by molar-refractivity contribution is 1.17. The molecule has 0 radical (unpaired) electrons. The molecular formula is C10H13ClN2S. The van der Waals surface area contributed by atoms with E-state index in [4.69, 9.17) is 5.84 Å². The smallest absolute Gasteiger partial charge is 0.0492 e. The molecule has 0 saturated heterocycles. The van der Waals surface area contributed by atoms with Gasteiger partial charge in [0, 0.05) is 10.4 Å². The van der Waals surface area contributed by atoms with E-state index >= 15 is 0 Å². The number of hydrogen-bond acceptors (Lipinski definition) is 3. The van der Waals surface area contributed by atoms with Crippen LogP contribution in [0.15, 0.2) is 23.6 Å². The van der Waals surface area contributed by atoms with E-state index in [9.17, 15) is 0 Å². The number of nitrogen functional groups attached to an aromatic ring is 1. The van der Waals surface area contributed by atoms with Crippen LogP contribution in [-0.4, -0.2) is 0 Å². The molecule has 1 aromatic heterocycles. The summed E-state index contributed by atoms with van der Waals surface area (Å²) in [6, 6.07) is 6.21. The van der Waals surface area contributed by atoms with Crippen molar-refractivity contribution in [3.8, 4) is 0 Å². The fraction of sp³-hybridized carbons (Fsp3) is 0.200. The number of rotatable bonds is 2. The number of halogens is 1. The molecule has 0 spiro atoms. The highest BCUT2D eigenvalue weighted by atomic mass is 35.5. The topological polar surface area (TPSA) is 38.0 Å². The van der Waals surface area contributed by atoms with Crippen LogP contribution in [0.25, 0.3) is 10.1 Å². The summed E-state index contributed by atoms with van der Waals surface area (Å²) in [6.45, 7) is 2.17. The van der Waals surface area contributed by atoms with E-state index < -0.39 is 0 Å². The maximum atomic E-state index is 5.35. The van der Waals surface area contributed by atoms with Crippen molar-refractivity contribution in [1.82, 2.24) is 0 Å². The van der Waals surface area contributed by atoms with E-state index in [0.717, 1.165) is 12.1 Å². The van der Waals surface area contributed by atoms with Crippen LogP contribution in [0.4, 0.5) is 5.69 Å². The van der Waals surface area contributed by atoms with E-state index in [1.807, 2.05) is 6.07 Å². The third-order valence-corrected chi connectivity index (χ3v) is 3.21. The van der Waals surface area contributed by atoms with Crippen molar-refractivity contribution < 1.29 is 0 Å². The lowest BCUT2D eigenvalue weighted by atomic mass is 10.1. The molecule has 76 valence electrons. The zero-order valence-electron chi connectivity index (χ0n) is 7.91. The predicted octanol–water partition coefficient (Wildman–Crippen LogP) is 3.17. The van der Waals surface area contributed by atoms with Crippen LogP contribution in [0.1, 0.15) is 12.5 Å². The van der Waals surface area contributed by atoms with Crippen molar-refractivity contribution >= 4 is 39.5 Å². The molecule has 0 unspecified atom stereocenters. The molecular weight excluding hydrogens is 216 g/mol.